The lowest BCUT2D eigenvalue weighted by Crippen LogP contribution is -2.41. The Morgan fingerprint density at radius 3 is 2.68 bits per heavy atom. The van der Waals surface area contributed by atoms with Crippen molar-refractivity contribution < 1.29 is 28.2 Å². The van der Waals surface area contributed by atoms with Crippen LogP contribution < -0.4 is 15.0 Å². The summed E-state index contributed by atoms with van der Waals surface area (Å²) in [6.07, 6.45) is 2.83. The largest absolute Gasteiger partial charge is 0.486 e. The van der Waals surface area contributed by atoms with E-state index in [0.717, 1.165) is 30.4 Å². The van der Waals surface area contributed by atoms with Crippen LogP contribution in [-0.2, 0) is 31.7 Å². The molecule has 12 heteroatoms. The molecule has 0 unspecified atom stereocenters. The first-order chi connectivity index (χ1) is 19.5. The SMILES string of the molecule is COC(OC)c1nc2c(cc1CO[Si](C)(C)C(C)(C)C)CCCN2C(=O)Nc1cc(O[C@H]2CCOC2)c(C#N)cn1. The average Bonchev–Trinajstić information content (AvgIpc) is 3.45. The molecule has 0 aliphatic carbocycles. The van der Waals surface area contributed by atoms with E-state index in [-0.39, 0.29) is 23.0 Å². The van der Waals surface area contributed by atoms with Crippen LogP contribution in [0.1, 0.15) is 62.3 Å². The summed E-state index contributed by atoms with van der Waals surface area (Å²) in [5.41, 5.74) is 2.71. The predicted octanol–water partition coefficient (Wildman–Crippen LogP) is 5.31. The molecule has 222 valence electrons. The van der Waals surface area contributed by atoms with Gasteiger partial charge >= 0.3 is 6.03 Å². The Hall–Kier alpha value is -3.08. The molecule has 0 radical (unpaired) electrons. The maximum atomic E-state index is 13.5. The zero-order chi connectivity index (χ0) is 29.8. The Labute approximate surface area is 243 Å². The summed E-state index contributed by atoms with van der Waals surface area (Å²) >= 11 is 0. The maximum Gasteiger partial charge on any atom is 0.328 e. The van der Waals surface area contributed by atoms with Crippen molar-refractivity contribution in [1.82, 2.24) is 9.97 Å². The number of carbonyl (C=O) groups excluding carboxylic acids is 1. The molecular weight excluding hydrogens is 542 g/mol. The van der Waals surface area contributed by atoms with Crippen molar-refractivity contribution in [3.63, 3.8) is 0 Å². The van der Waals surface area contributed by atoms with Crippen LogP contribution in [0, 0.1) is 11.3 Å². The molecule has 4 rings (SSSR count). The van der Waals surface area contributed by atoms with Crippen LogP contribution in [-0.4, -0.2) is 64.4 Å². The van der Waals surface area contributed by atoms with Gasteiger partial charge in [0.15, 0.2) is 8.32 Å². The van der Waals surface area contributed by atoms with Gasteiger partial charge in [0, 0.05) is 38.8 Å². The number of aryl methyl sites for hydroxylation is 1. The number of urea groups is 1. The minimum Gasteiger partial charge on any atom is -0.486 e. The van der Waals surface area contributed by atoms with E-state index >= 15 is 0 Å². The zero-order valence-corrected chi connectivity index (χ0v) is 26.1. The number of aromatic nitrogens is 2. The lowest BCUT2D eigenvalue weighted by molar-refractivity contribution is -0.109. The number of anilines is 2. The van der Waals surface area contributed by atoms with Gasteiger partial charge in [-0.25, -0.2) is 14.8 Å². The second-order valence-corrected chi connectivity index (χ2v) is 16.6. The highest BCUT2D eigenvalue weighted by Crippen LogP contribution is 2.38. The molecule has 0 bridgehead atoms. The fraction of sp³-hybridized carbons (Fsp3) is 0.586. The molecule has 1 fully saturated rings. The topological polar surface area (TPSA) is 128 Å². The normalized spacial score (nSPS) is 17.3. The molecule has 0 spiro atoms. The average molecular weight is 584 g/mol. The molecule has 2 aliphatic rings. The van der Waals surface area contributed by atoms with E-state index in [1.54, 1.807) is 25.2 Å². The van der Waals surface area contributed by atoms with Crippen molar-refractivity contribution in [3.8, 4) is 11.8 Å². The Morgan fingerprint density at radius 1 is 1.29 bits per heavy atom. The summed E-state index contributed by atoms with van der Waals surface area (Å²) in [6, 6.07) is 5.35. The quantitative estimate of drug-likeness (QED) is 0.308. The number of pyridine rings is 2. The number of fused-ring (bicyclic) bond motifs is 1. The monoisotopic (exact) mass is 583 g/mol. The molecule has 0 saturated carbocycles. The molecule has 2 aromatic heterocycles. The van der Waals surface area contributed by atoms with Crippen molar-refractivity contribution in [3.05, 3.63) is 40.7 Å². The van der Waals surface area contributed by atoms with Crippen molar-refractivity contribution in [1.29, 1.82) is 5.26 Å². The third-order valence-electron chi connectivity index (χ3n) is 7.97. The first kappa shape index (κ1) is 30.9. The van der Waals surface area contributed by atoms with Crippen molar-refractivity contribution in [2.24, 2.45) is 0 Å². The Balaban J connectivity index is 1.60. The lowest BCUT2D eigenvalue weighted by Gasteiger charge is -2.36. The van der Waals surface area contributed by atoms with Crippen LogP contribution in [0.15, 0.2) is 18.3 Å². The number of amides is 2. The van der Waals surface area contributed by atoms with Gasteiger partial charge in [-0.15, -0.1) is 0 Å². The number of ether oxygens (including phenoxy) is 4. The summed E-state index contributed by atoms with van der Waals surface area (Å²) < 4.78 is 29.1. The number of nitriles is 1. The van der Waals surface area contributed by atoms with E-state index in [1.807, 2.05) is 0 Å². The zero-order valence-electron chi connectivity index (χ0n) is 25.1. The maximum absolute atomic E-state index is 13.5. The summed E-state index contributed by atoms with van der Waals surface area (Å²) in [5, 5.41) is 12.4. The highest BCUT2D eigenvalue weighted by Gasteiger charge is 2.38. The van der Waals surface area contributed by atoms with Gasteiger partial charge in [0.05, 0.1) is 26.0 Å². The molecule has 11 nitrogen and oxygen atoms in total. The number of carbonyl (C=O) groups is 1. The smallest absolute Gasteiger partial charge is 0.328 e. The highest BCUT2D eigenvalue weighted by atomic mass is 28.4. The molecule has 1 N–H and O–H groups in total. The molecule has 2 aliphatic heterocycles. The second kappa shape index (κ2) is 12.8. The van der Waals surface area contributed by atoms with Crippen molar-refractivity contribution in [2.75, 3.05) is 44.2 Å². The van der Waals surface area contributed by atoms with Crippen LogP contribution >= 0.6 is 0 Å². The second-order valence-electron chi connectivity index (χ2n) is 11.8. The fourth-order valence-electron chi connectivity index (χ4n) is 4.52. The minimum atomic E-state index is -2.03. The van der Waals surface area contributed by atoms with Gasteiger partial charge in [-0.3, -0.25) is 10.2 Å². The molecule has 4 heterocycles. The van der Waals surface area contributed by atoms with E-state index in [2.05, 4.69) is 56.3 Å². The van der Waals surface area contributed by atoms with Gasteiger partial charge in [-0.1, -0.05) is 20.8 Å². The molecule has 2 amide bonds. The van der Waals surface area contributed by atoms with Gasteiger partial charge in [0.25, 0.3) is 0 Å². The molecule has 1 saturated heterocycles. The van der Waals surface area contributed by atoms with E-state index < -0.39 is 14.6 Å². The summed E-state index contributed by atoms with van der Waals surface area (Å²) in [7, 11) is 1.10. The molecule has 2 aromatic rings. The number of nitrogens with zero attached hydrogens (tertiary/aromatic N) is 4. The summed E-state index contributed by atoms with van der Waals surface area (Å²) in [4.78, 5) is 24.3. The van der Waals surface area contributed by atoms with E-state index in [0.29, 0.717) is 49.2 Å². The standard InChI is InChI=1S/C29H41N5O6Si/c1-29(2,3)41(6,7)39-17-20-13-19-9-8-11-34(26(19)33-25(20)27(36-4)37-5)28(35)32-24-14-23(21(15-30)16-31-24)40-22-10-12-38-18-22/h13-14,16,22,27H,8-12,17-18H2,1-7H3,(H,31,32,35)/t22-/m0/s1. The van der Waals surface area contributed by atoms with E-state index in [4.69, 9.17) is 28.4 Å². The van der Waals surface area contributed by atoms with Crippen LogP contribution in [0.25, 0.3) is 0 Å². The molecule has 0 aromatic carbocycles. The van der Waals surface area contributed by atoms with Gasteiger partial charge < -0.3 is 23.4 Å². The third kappa shape index (κ3) is 7.05. The van der Waals surface area contributed by atoms with Crippen LogP contribution in [0.5, 0.6) is 5.75 Å². The van der Waals surface area contributed by atoms with Gasteiger partial charge in [0.1, 0.15) is 40.8 Å². The van der Waals surface area contributed by atoms with Gasteiger partial charge in [-0.2, -0.15) is 5.26 Å². The third-order valence-corrected chi connectivity index (χ3v) is 12.4. The van der Waals surface area contributed by atoms with Crippen LogP contribution in [0.4, 0.5) is 16.4 Å². The van der Waals surface area contributed by atoms with Crippen LogP contribution in [0.2, 0.25) is 18.1 Å². The first-order valence-corrected chi connectivity index (χ1v) is 16.8. The Morgan fingerprint density at radius 2 is 2.05 bits per heavy atom. The number of hydrogen-bond acceptors (Lipinski definition) is 9. The molecular formula is C29H41N5O6Si. The van der Waals surface area contributed by atoms with E-state index in [9.17, 15) is 10.1 Å². The highest BCUT2D eigenvalue weighted by molar-refractivity contribution is 6.74. The van der Waals surface area contributed by atoms with Crippen LogP contribution in [0.3, 0.4) is 0 Å². The minimum absolute atomic E-state index is 0.0564. The number of methoxy groups -OCH3 is 2. The van der Waals surface area contributed by atoms with Gasteiger partial charge in [-0.05, 0) is 42.6 Å². The van der Waals surface area contributed by atoms with Gasteiger partial charge in [0.2, 0.25) is 6.29 Å². The van der Waals surface area contributed by atoms with Crippen molar-refractivity contribution in [2.45, 2.75) is 77.2 Å². The van der Waals surface area contributed by atoms with E-state index in [1.165, 1.54) is 6.20 Å². The summed E-state index contributed by atoms with van der Waals surface area (Å²) in [5.74, 6) is 1.19. The summed E-state index contributed by atoms with van der Waals surface area (Å²) in [6.45, 7) is 13.0. The number of hydrogen-bond donors (Lipinski definition) is 1. The fourth-order valence-corrected chi connectivity index (χ4v) is 5.47. The first-order valence-electron chi connectivity index (χ1n) is 13.9. The van der Waals surface area contributed by atoms with Crippen molar-refractivity contribution >= 4 is 26.0 Å². The predicted molar refractivity (Wildman–Crippen MR) is 156 cm³/mol. The Kier molecular flexibility index (Phi) is 9.66. The Bertz CT molecular complexity index is 1280. The molecule has 41 heavy (non-hydrogen) atoms. The molecule has 1 atom stereocenters. The number of nitrogens with one attached hydrogen (secondary N) is 1. The lowest BCUT2D eigenvalue weighted by atomic mass is 10.0. The number of rotatable bonds is 9.